The van der Waals surface area contributed by atoms with Crippen LogP contribution < -0.4 is 10.6 Å². The fraction of sp³-hybridized carbons (Fsp3) is 0.320. The van der Waals surface area contributed by atoms with Crippen molar-refractivity contribution < 1.29 is 14.3 Å². The van der Waals surface area contributed by atoms with Crippen molar-refractivity contribution >= 4 is 29.3 Å². The molecule has 0 saturated carbocycles. The first kappa shape index (κ1) is 25.1. The van der Waals surface area contributed by atoms with Gasteiger partial charge in [-0.05, 0) is 44.9 Å². The molecule has 1 aromatic heterocycles. The molecule has 0 radical (unpaired) electrons. The normalized spacial score (nSPS) is 12.9. The Kier molecular flexibility index (Phi) is 8.61. The molecule has 170 valence electrons. The Balaban J connectivity index is 2.39. The molecular formula is C25H30ClN3O3. The Morgan fingerprint density at radius 1 is 1.25 bits per heavy atom. The van der Waals surface area contributed by atoms with Gasteiger partial charge in [-0.2, -0.15) is 0 Å². The molecule has 0 aliphatic carbocycles. The Morgan fingerprint density at radius 2 is 1.97 bits per heavy atom. The molecule has 0 aliphatic heterocycles. The van der Waals surface area contributed by atoms with Gasteiger partial charge in [-0.3, -0.25) is 9.78 Å². The summed E-state index contributed by atoms with van der Waals surface area (Å²) in [4.78, 5) is 29.2. The fourth-order valence-corrected chi connectivity index (χ4v) is 3.07. The number of anilines is 1. The fourth-order valence-electron chi connectivity index (χ4n) is 2.92. The highest BCUT2D eigenvalue weighted by Gasteiger charge is 2.21. The largest absolute Gasteiger partial charge is 0.444 e. The lowest BCUT2D eigenvalue weighted by atomic mass is 9.99. The second kappa shape index (κ2) is 11.0. The molecule has 2 atom stereocenters. The number of ether oxygens (including phenoxy) is 1. The predicted octanol–water partition coefficient (Wildman–Crippen LogP) is 6.30. The van der Waals surface area contributed by atoms with E-state index in [1.807, 2.05) is 45.0 Å². The van der Waals surface area contributed by atoms with E-state index >= 15 is 0 Å². The Morgan fingerprint density at radius 3 is 2.59 bits per heavy atom. The van der Waals surface area contributed by atoms with Crippen molar-refractivity contribution in [1.29, 1.82) is 0 Å². The van der Waals surface area contributed by atoms with Crippen LogP contribution in [0.4, 0.5) is 10.5 Å². The second-order valence-electron chi connectivity index (χ2n) is 8.41. The van der Waals surface area contributed by atoms with Gasteiger partial charge in [0.15, 0.2) is 0 Å². The lowest BCUT2D eigenvalue weighted by Crippen LogP contribution is -2.34. The summed E-state index contributed by atoms with van der Waals surface area (Å²) in [7, 11) is 0. The summed E-state index contributed by atoms with van der Waals surface area (Å²) >= 11 is 6.13. The summed E-state index contributed by atoms with van der Waals surface area (Å²) in [6.45, 7) is 14.6. The minimum absolute atomic E-state index is 0.211. The number of pyridine rings is 1. The second-order valence-corrected chi connectivity index (χ2v) is 8.85. The molecule has 1 aromatic carbocycles. The summed E-state index contributed by atoms with van der Waals surface area (Å²) < 4.78 is 5.39. The summed E-state index contributed by atoms with van der Waals surface area (Å²) in [6.07, 6.45) is 4.83. The zero-order valence-corrected chi connectivity index (χ0v) is 19.7. The van der Waals surface area contributed by atoms with Gasteiger partial charge < -0.3 is 15.4 Å². The number of nitrogens with zero attached hydrogens (tertiary/aromatic N) is 1. The minimum Gasteiger partial charge on any atom is -0.444 e. The number of amides is 2. The molecular weight excluding hydrogens is 426 g/mol. The molecule has 0 spiro atoms. The van der Waals surface area contributed by atoms with E-state index in [-0.39, 0.29) is 17.9 Å². The molecule has 32 heavy (non-hydrogen) atoms. The molecule has 0 saturated heterocycles. The van der Waals surface area contributed by atoms with E-state index in [1.165, 1.54) is 6.20 Å². The lowest BCUT2D eigenvalue weighted by Gasteiger charge is -2.23. The van der Waals surface area contributed by atoms with Crippen LogP contribution >= 0.6 is 11.6 Å². The number of rotatable bonds is 8. The number of nitrogens with one attached hydrogen (secondary N) is 2. The van der Waals surface area contributed by atoms with Gasteiger partial charge >= 0.3 is 6.09 Å². The maximum Gasteiger partial charge on any atom is 0.408 e. The minimum atomic E-state index is -0.604. The van der Waals surface area contributed by atoms with E-state index in [2.05, 4.69) is 28.8 Å². The van der Waals surface area contributed by atoms with E-state index in [1.54, 1.807) is 25.1 Å². The first-order valence-corrected chi connectivity index (χ1v) is 10.7. The summed E-state index contributed by atoms with van der Waals surface area (Å²) in [5.74, 6) is -0.583. The monoisotopic (exact) mass is 455 g/mol. The van der Waals surface area contributed by atoms with Gasteiger partial charge in [0, 0.05) is 11.8 Å². The third-order valence-corrected chi connectivity index (χ3v) is 4.74. The average molecular weight is 456 g/mol. The van der Waals surface area contributed by atoms with Crippen LogP contribution in [0.2, 0.25) is 5.02 Å². The van der Waals surface area contributed by atoms with Crippen LogP contribution in [0.15, 0.2) is 61.8 Å². The Hall–Kier alpha value is -3.12. The number of hydrogen-bond donors (Lipinski definition) is 2. The molecule has 6 nitrogen and oxygen atoms in total. The SMILES string of the molecule is C=CC[C@H](NC(=O)OC(C)(C)C)c1cccc(-c2ncc(Cl)cc2NC(=O)[C@H](C)C=C)c1. The van der Waals surface area contributed by atoms with Gasteiger partial charge in [-0.15, -0.1) is 13.2 Å². The van der Waals surface area contributed by atoms with Crippen LogP contribution in [0.1, 0.15) is 45.7 Å². The summed E-state index contributed by atoms with van der Waals surface area (Å²) in [5, 5.41) is 6.17. The zero-order chi connectivity index (χ0) is 23.9. The molecule has 2 amide bonds. The molecule has 2 aromatic rings. The van der Waals surface area contributed by atoms with Crippen LogP contribution in [-0.4, -0.2) is 22.6 Å². The number of carbonyl (C=O) groups excluding carboxylic acids is 2. The molecule has 0 fully saturated rings. The molecule has 0 bridgehead atoms. The maximum atomic E-state index is 12.4. The van der Waals surface area contributed by atoms with Gasteiger partial charge in [0.05, 0.1) is 28.4 Å². The van der Waals surface area contributed by atoms with Crippen LogP contribution in [0.25, 0.3) is 11.3 Å². The van der Waals surface area contributed by atoms with Gasteiger partial charge in [0.2, 0.25) is 5.91 Å². The predicted molar refractivity (Wildman–Crippen MR) is 130 cm³/mol. The highest BCUT2D eigenvalue weighted by molar-refractivity contribution is 6.31. The first-order valence-electron chi connectivity index (χ1n) is 10.3. The molecule has 0 unspecified atom stereocenters. The number of carbonyl (C=O) groups is 2. The van der Waals surface area contributed by atoms with E-state index in [0.29, 0.717) is 22.8 Å². The van der Waals surface area contributed by atoms with Crippen LogP contribution in [0.3, 0.4) is 0 Å². The number of benzene rings is 1. The summed E-state index contributed by atoms with van der Waals surface area (Å²) in [6, 6.07) is 8.88. The average Bonchev–Trinajstić information content (AvgIpc) is 2.71. The van der Waals surface area contributed by atoms with Crippen LogP contribution in [-0.2, 0) is 9.53 Å². The molecule has 2 N–H and O–H groups in total. The van der Waals surface area contributed by atoms with Crippen LogP contribution in [0, 0.1) is 5.92 Å². The van der Waals surface area contributed by atoms with Crippen LogP contribution in [0.5, 0.6) is 0 Å². The quantitative estimate of drug-likeness (QED) is 0.457. The molecule has 2 rings (SSSR count). The van der Waals surface area contributed by atoms with Crippen molar-refractivity contribution in [2.45, 2.75) is 45.8 Å². The zero-order valence-electron chi connectivity index (χ0n) is 18.9. The maximum absolute atomic E-state index is 12.4. The number of alkyl carbamates (subject to hydrolysis) is 1. The Labute approximate surface area is 194 Å². The van der Waals surface area contributed by atoms with Gasteiger partial charge in [-0.1, -0.05) is 48.9 Å². The van der Waals surface area contributed by atoms with Gasteiger partial charge in [0.1, 0.15) is 5.60 Å². The van der Waals surface area contributed by atoms with Crippen molar-refractivity contribution in [1.82, 2.24) is 10.3 Å². The smallest absolute Gasteiger partial charge is 0.408 e. The standard InChI is InChI=1S/C25H30ClN3O3/c1-7-10-20(29-24(31)32-25(4,5)6)17-11-9-12-18(13-17)22-21(14-19(26)15-27-22)28-23(30)16(3)8-2/h7-9,11-16,20H,1-2,10H2,3-6H3,(H,28,30)(H,29,31)/t16-,20+/m1/s1. The highest BCUT2D eigenvalue weighted by atomic mass is 35.5. The number of aromatic nitrogens is 1. The summed E-state index contributed by atoms with van der Waals surface area (Å²) in [5.41, 5.74) is 2.07. The number of halogens is 1. The number of hydrogen-bond acceptors (Lipinski definition) is 4. The highest BCUT2D eigenvalue weighted by Crippen LogP contribution is 2.31. The van der Waals surface area contributed by atoms with Crippen molar-refractivity contribution in [3.8, 4) is 11.3 Å². The van der Waals surface area contributed by atoms with E-state index in [0.717, 1.165) is 11.1 Å². The van der Waals surface area contributed by atoms with Crippen molar-refractivity contribution in [3.63, 3.8) is 0 Å². The third kappa shape index (κ3) is 7.24. The topological polar surface area (TPSA) is 80.3 Å². The third-order valence-electron chi connectivity index (χ3n) is 4.54. The van der Waals surface area contributed by atoms with Crippen molar-refractivity contribution in [2.24, 2.45) is 5.92 Å². The van der Waals surface area contributed by atoms with E-state index in [9.17, 15) is 9.59 Å². The first-order chi connectivity index (χ1) is 15.0. The molecule has 0 aliphatic rings. The van der Waals surface area contributed by atoms with E-state index < -0.39 is 11.7 Å². The molecule has 1 heterocycles. The van der Waals surface area contributed by atoms with Crippen molar-refractivity contribution in [2.75, 3.05) is 5.32 Å². The molecule has 7 heteroatoms. The van der Waals surface area contributed by atoms with Crippen molar-refractivity contribution in [3.05, 3.63) is 72.4 Å². The lowest BCUT2D eigenvalue weighted by molar-refractivity contribution is -0.118. The van der Waals surface area contributed by atoms with Gasteiger partial charge in [0.25, 0.3) is 0 Å². The Bertz CT molecular complexity index is 998. The van der Waals surface area contributed by atoms with Gasteiger partial charge in [-0.25, -0.2) is 4.79 Å². The van der Waals surface area contributed by atoms with E-state index in [4.69, 9.17) is 16.3 Å².